The van der Waals surface area contributed by atoms with E-state index in [1.165, 1.54) is 12.7 Å². The fourth-order valence-electron chi connectivity index (χ4n) is 0.795. The first-order valence-corrected chi connectivity index (χ1v) is 3.27. The first-order valence-electron chi connectivity index (χ1n) is 3.27. The van der Waals surface area contributed by atoms with Crippen molar-refractivity contribution in [1.29, 1.82) is 0 Å². The van der Waals surface area contributed by atoms with Crippen LogP contribution >= 0.6 is 0 Å². The van der Waals surface area contributed by atoms with E-state index in [4.69, 9.17) is 9.47 Å². The topological polar surface area (TPSA) is 18.5 Å². The van der Waals surface area contributed by atoms with Crippen LogP contribution in [0.4, 0.5) is 0 Å². The lowest BCUT2D eigenvalue weighted by atomic mass is 10.1. The van der Waals surface area contributed by atoms with Gasteiger partial charge in [-0.05, 0) is 6.42 Å². The monoisotopic (exact) mass is 128 g/mol. The first-order chi connectivity index (χ1) is 4.43. The zero-order valence-corrected chi connectivity index (χ0v) is 5.51. The molecule has 0 amide bonds. The summed E-state index contributed by atoms with van der Waals surface area (Å²) in [7, 11) is 0. The molecule has 1 aliphatic heterocycles. The van der Waals surface area contributed by atoms with Crippen LogP contribution < -0.4 is 0 Å². The zero-order valence-electron chi connectivity index (χ0n) is 5.51. The van der Waals surface area contributed by atoms with E-state index in [1.54, 1.807) is 0 Å². The fraction of sp³-hybridized carbons (Fsp3) is 0.714. The number of hydrogen-bond acceptors (Lipinski definition) is 2. The summed E-state index contributed by atoms with van der Waals surface area (Å²) >= 11 is 0. The minimum Gasteiger partial charge on any atom is -0.502 e. The Hall–Kier alpha value is -0.500. The van der Waals surface area contributed by atoms with Gasteiger partial charge in [0.25, 0.3) is 0 Å². The van der Waals surface area contributed by atoms with Gasteiger partial charge < -0.3 is 9.47 Å². The van der Waals surface area contributed by atoms with Crippen LogP contribution in [0, 0.1) is 0 Å². The Labute approximate surface area is 55.5 Å². The van der Waals surface area contributed by atoms with Crippen molar-refractivity contribution >= 4 is 0 Å². The molecule has 0 aliphatic carbocycles. The Kier molecular flexibility index (Phi) is 2.58. The molecule has 2 heteroatoms. The molecule has 0 bridgehead atoms. The van der Waals surface area contributed by atoms with Crippen LogP contribution in [0.25, 0.3) is 0 Å². The molecule has 0 saturated carbocycles. The summed E-state index contributed by atoms with van der Waals surface area (Å²) in [5, 5.41) is 0. The van der Waals surface area contributed by atoms with Gasteiger partial charge in [-0.3, -0.25) is 0 Å². The molecule has 0 atom stereocenters. The van der Waals surface area contributed by atoms with E-state index in [0.717, 1.165) is 19.6 Å². The van der Waals surface area contributed by atoms with Crippen LogP contribution in [0.15, 0.2) is 12.8 Å². The second kappa shape index (κ2) is 3.51. The molecule has 0 aromatic rings. The van der Waals surface area contributed by atoms with E-state index in [0.29, 0.717) is 6.10 Å². The normalized spacial score (nSPS) is 24.7. The first kappa shape index (κ1) is 6.62. The molecule has 0 N–H and O–H groups in total. The summed E-state index contributed by atoms with van der Waals surface area (Å²) < 4.78 is 10.1. The predicted octanol–water partition coefficient (Wildman–Crippen LogP) is 1.33. The third-order valence-corrected chi connectivity index (χ3v) is 1.47. The quantitative estimate of drug-likeness (QED) is 0.420. The smallest absolute Gasteiger partial charge is 0.0897 e. The Bertz CT molecular complexity index is 86.9. The van der Waals surface area contributed by atoms with Gasteiger partial charge in [0.05, 0.1) is 19.0 Å². The van der Waals surface area contributed by atoms with Gasteiger partial charge in [0.1, 0.15) is 0 Å². The largest absolute Gasteiger partial charge is 0.502 e. The second-order valence-electron chi connectivity index (χ2n) is 2.11. The van der Waals surface area contributed by atoms with Crippen LogP contribution in [0.1, 0.15) is 12.8 Å². The van der Waals surface area contributed by atoms with Gasteiger partial charge in [0.2, 0.25) is 0 Å². The summed E-state index contributed by atoms with van der Waals surface area (Å²) in [4.78, 5) is 0. The van der Waals surface area contributed by atoms with Gasteiger partial charge in [-0.1, -0.05) is 6.58 Å². The molecule has 1 saturated heterocycles. The number of rotatable bonds is 4. The Morgan fingerprint density at radius 2 is 2.56 bits per heavy atom. The molecule has 1 rings (SSSR count). The molecular weight excluding hydrogens is 116 g/mol. The highest BCUT2D eigenvalue weighted by molar-refractivity contribution is 4.66. The van der Waals surface area contributed by atoms with Crippen LogP contribution in [0.3, 0.4) is 0 Å². The number of hydrogen-bond donors (Lipinski definition) is 0. The highest BCUT2D eigenvalue weighted by atomic mass is 16.5. The van der Waals surface area contributed by atoms with E-state index in [1.807, 2.05) is 0 Å². The fourth-order valence-corrected chi connectivity index (χ4v) is 0.795. The van der Waals surface area contributed by atoms with Gasteiger partial charge in [-0.25, -0.2) is 0 Å². The van der Waals surface area contributed by atoms with E-state index in [2.05, 4.69) is 6.58 Å². The summed E-state index contributed by atoms with van der Waals surface area (Å²) in [5.41, 5.74) is 0. The van der Waals surface area contributed by atoms with Crippen molar-refractivity contribution in [3.05, 3.63) is 12.8 Å². The van der Waals surface area contributed by atoms with Crippen molar-refractivity contribution in [2.45, 2.75) is 18.9 Å². The SMILES string of the molecule is C=COCCC1CCO1. The zero-order chi connectivity index (χ0) is 6.53. The second-order valence-corrected chi connectivity index (χ2v) is 2.11. The third kappa shape index (κ3) is 2.06. The molecule has 0 aromatic carbocycles. The van der Waals surface area contributed by atoms with Crippen LogP contribution in [-0.4, -0.2) is 19.3 Å². The molecule has 1 aliphatic rings. The van der Waals surface area contributed by atoms with E-state index >= 15 is 0 Å². The highest BCUT2D eigenvalue weighted by Crippen LogP contribution is 2.13. The molecule has 2 nitrogen and oxygen atoms in total. The van der Waals surface area contributed by atoms with Crippen molar-refractivity contribution in [1.82, 2.24) is 0 Å². The summed E-state index contributed by atoms with van der Waals surface area (Å²) in [6.45, 7) is 5.11. The molecule has 0 spiro atoms. The molecule has 0 aromatic heterocycles. The molecule has 0 unspecified atom stereocenters. The van der Waals surface area contributed by atoms with Crippen molar-refractivity contribution in [3.8, 4) is 0 Å². The Morgan fingerprint density at radius 1 is 1.78 bits per heavy atom. The van der Waals surface area contributed by atoms with Crippen molar-refractivity contribution in [2.24, 2.45) is 0 Å². The van der Waals surface area contributed by atoms with Gasteiger partial charge >= 0.3 is 0 Å². The Morgan fingerprint density at radius 3 is 3.00 bits per heavy atom. The molecule has 1 heterocycles. The minimum absolute atomic E-state index is 0.463. The number of ether oxygens (including phenoxy) is 2. The van der Waals surface area contributed by atoms with Crippen molar-refractivity contribution in [2.75, 3.05) is 13.2 Å². The standard InChI is InChI=1S/C7H12O2/c1-2-8-5-3-7-4-6-9-7/h2,7H,1,3-6H2. The van der Waals surface area contributed by atoms with Crippen LogP contribution in [0.2, 0.25) is 0 Å². The Balaban J connectivity index is 1.85. The molecular formula is C7H12O2. The lowest BCUT2D eigenvalue weighted by Crippen LogP contribution is -2.27. The van der Waals surface area contributed by atoms with E-state index < -0.39 is 0 Å². The summed E-state index contributed by atoms with van der Waals surface area (Å²) in [6.07, 6.45) is 4.13. The van der Waals surface area contributed by atoms with Gasteiger partial charge in [0.15, 0.2) is 0 Å². The van der Waals surface area contributed by atoms with Gasteiger partial charge in [-0.2, -0.15) is 0 Å². The van der Waals surface area contributed by atoms with Gasteiger partial charge in [-0.15, -0.1) is 0 Å². The summed E-state index contributed by atoms with van der Waals surface area (Å²) in [5.74, 6) is 0. The molecule has 52 valence electrons. The van der Waals surface area contributed by atoms with E-state index in [9.17, 15) is 0 Å². The highest BCUT2D eigenvalue weighted by Gasteiger charge is 2.16. The third-order valence-electron chi connectivity index (χ3n) is 1.47. The molecule has 1 fully saturated rings. The van der Waals surface area contributed by atoms with Crippen molar-refractivity contribution < 1.29 is 9.47 Å². The summed E-state index contributed by atoms with van der Waals surface area (Å²) in [6, 6.07) is 0. The maximum Gasteiger partial charge on any atom is 0.0897 e. The van der Waals surface area contributed by atoms with Crippen LogP contribution in [0.5, 0.6) is 0 Å². The van der Waals surface area contributed by atoms with Crippen LogP contribution in [-0.2, 0) is 9.47 Å². The molecule has 0 radical (unpaired) electrons. The lowest BCUT2D eigenvalue weighted by Gasteiger charge is -2.25. The van der Waals surface area contributed by atoms with Gasteiger partial charge in [0, 0.05) is 13.0 Å². The average Bonchev–Trinajstić information content (AvgIpc) is 1.76. The average molecular weight is 128 g/mol. The lowest BCUT2D eigenvalue weighted by molar-refractivity contribution is -0.0617. The van der Waals surface area contributed by atoms with E-state index in [-0.39, 0.29) is 0 Å². The predicted molar refractivity (Wildman–Crippen MR) is 35.1 cm³/mol. The molecule has 9 heavy (non-hydrogen) atoms. The van der Waals surface area contributed by atoms with Crippen molar-refractivity contribution in [3.63, 3.8) is 0 Å². The maximum absolute atomic E-state index is 5.16. The maximum atomic E-state index is 5.16. The minimum atomic E-state index is 0.463.